The van der Waals surface area contributed by atoms with E-state index in [1.807, 2.05) is 39.0 Å². The van der Waals surface area contributed by atoms with Crippen LogP contribution < -0.4 is 14.2 Å². The molecule has 3 atom stereocenters. The normalized spacial score (nSPS) is 23.3. The zero-order chi connectivity index (χ0) is 15.6. The van der Waals surface area contributed by atoms with E-state index in [2.05, 4.69) is 20.7 Å². The fourth-order valence-corrected chi connectivity index (χ4v) is 3.38. The summed E-state index contributed by atoms with van der Waals surface area (Å²) in [6.07, 6.45) is 1.98. The highest BCUT2D eigenvalue weighted by atomic mass is 79.9. The number of halogens is 1. The lowest BCUT2D eigenvalue weighted by atomic mass is 9.90. The van der Waals surface area contributed by atoms with Crippen LogP contribution in [-0.2, 0) is 11.0 Å². The first kappa shape index (κ1) is 16.8. The molecule has 0 heterocycles. The standard InChI is InChI=1S/C15H22BrNO3S/c1-15(2,3)21(18)17-10-8-9-11(10)20-13-7-5-6-12(19-4)14(13)16/h5-7,10-11,17H,8-9H2,1-4H3/t10-,11+,21?/m0/s1. The van der Waals surface area contributed by atoms with Crippen LogP contribution in [0.1, 0.15) is 33.6 Å². The minimum atomic E-state index is -1.07. The molecule has 21 heavy (non-hydrogen) atoms. The Labute approximate surface area is 137 Å². The van der Waals surface area contributed by atoms with Crippen molar-refractivity contribution in [3.63, 3.8) is 0 Å². The zero-order valence-electron chi connectivity index (χ0n) is 12.8. The number of ether oxygens (including phenoxy) is 2. The lowest BCUT2D eigenvalue weighted by Crippen LogP contribution is -2.53. The van der Waals surface area contributed by atoms with Crippen molar-refractivity contribution in [3.05, 3.63) is 22.7 Å². The van der Waals surface area contributed by atoms with Crippen LogP contribution in [0, 0.1) is 0 Å². The van der Waals surface area contributed by atoms with Gasteiger partial charge in [0.25, 0.3) is 0 Å². The number of nitrogens with one attached hydrogen (secondary N) is 1. The molecule has 2 rings (SSSR count). The number of rotatable bonds is 5. The molecule has 1 N–H and O–H groups in total. The van der Waals surface area contributed by atoms with Gasteiger partial charge in [-0.05, 0) is 61.7 Å². The summed E-state index contributed by atoms with van der Waals surface area (Å²) in [7, 11) is 0.557. The van der Waals surface area contributed by atoms with Gasteiger partial charge in [-0.1, -0.05) is 6.07 Å². The lowest BCUT2D eigenvalue weighted by Gasteiger charge is -2.38. The van der Waals surface area contributed by atoms with Gasteiger partial charge < -0.3 is 9.47 Å². The summed E-state index contributed by atoms with van der Waals surface area (Å²) in [4.78, 5) is 0. The van der Waals surface area contributed by atoms with Gasteiger partial charge in [-0.3, -0.25) is 0 Å². The highest BCUT2D eigenvalue weighted by Crippen LogP contribution is 2.37. The Morgan fingerprint density at radius 2 is 1.95 bits per heavy atom. The topological polar surface area (TPSA) is 47.6 Å². The molecule has 0 spiro atoms. The Bertz CT molecular complexity index is 530. The minimum absolute atomic E-state index is 0.0414. The Hall–Kier alpha value is -0.590. The summed E-state index contributed by atoms with van der Waals surface area (Å²) in [6, 6.07) is 5.81. The number of benzene rings is 1. The van der Waals surface area contributed by atoms with E-state index in [-0.39, 0.29) is 16.9 Å². The molecule has 1 aromatic carbocycles. The smallest absolute Gasteiger partial charge is 0.137 e. The van der Waals surface area contributed by atoms with Gasteiger partial charge in [0.15, 0.2) is 0 Å². The molecule has 1 aliphatic rings. The van der Waals surface area contributed by atoms with Crippen molar-refractivity contribution in [1.29, 1.82) is 0 Å². The fraction of sp³-hybridized carbons (Fsp3) is 0.600. The van der Waals surface area contributed by atoms with E-state index in [1.54, 1.807) is 7.11 Å². The van der Waals surface area contributed by atoms with Crippen molar-refractivity contribution < 1.29 is 13.7 Å². The van der Waals surface area contributed by atoms with E-state index in [0.29, 0.717) is 0 Å². The maximum Gasteiger partial charge on any atom is 0.137 e. The van der Waals surface area contributed by atoms with E-state index in [1.165, 1.54) is 0 Å². The van der Waals surface area contributed by atoms with Crippen molar-refractivity contribution in [1.82, 2.24) is 4.72 Å². The third kappa shape index (κ3) is 3.99. The van der Waals surface area contributed by atoms with Gasteiger partial charge in [-0.15, -0.1) is 0 Å². The molecule has 1 aromatic rings. The lowest BCUT2D eigenvalue weighted by molar-refractivity contribution is 0.0842. The van der Waals surface area contributed by atoms with Crippen LogP contribution in [-0.4, -0.2) is 28.2 Å². The van der Waals surface area contributed by atoms with Crippen molar-refractivity contribution in [3.8, 4) is 11.5 Å². The third-order valence-electron chi connectivity index (χ3n) is 3.45. The van der Waals surface area contributed by atoms with Crippen LogP contribution in [0.5, 0.6) is 11.5 Å². The first-order valence-corrected chi connectivity index (χ1v) is 8.94. The molecular formula is C15H22BrNO3S. The number of methoxy groups -OCH3 is 1. The molecule has 118 valence electrons. The van der Waals surface area contributed by atoms with Crippen LogP contribution in [0.3, 0.4) is 0 Å². The van der Waals surface area contributed by atoms with Crippen molar-refractivity contribution in [2.24, 2.45) is 0 Å². The molecule has 4 nitrogen and oxygen atoms in total. The quantitative estimate of drug-likeness (QED) is 0.857. The van der Waals surface area contributed by atoms with Gasteiger partial charge in [0.05, 0.1) is 28.9 Å². The first-order valence-electron chi connectivity index (χ1n) is 7.00. The Morgan fingerprint density at radius 3 is 2.48 bits per heavy atom. The van der Waals surface area contributed by atoms with E-state index in [9.17, 15) is 4.21 Å². The second-order valence-corrected chi connectivity index (χ2v) is 8.90. The average molecular weight is 376 g/mol. The second-order valence-electron chi connectivity index (χ2n) is 6.11. The maximum absolute atomic E-state index is 12.1. The highest BCUT2D eigenvalue weighted by Gasteiger charge is 2.36. The van der Waals surface area contributed by atoms with Gasteiger partial charge in [-0.25, -0.2) is 8.93 Å². The monoisotopic (exact) mass is 375 g/mol. The van der Waals surface area contributed by atoms with Gasteiger partial charge >= 0.3 is 0 Å². The van der Waals surface area contributed by atoms with Crippen molar-refractivity contribution in [2.75, 3.05) is 7.11 Å². The van der Waals surface area contributed by atoms with E-state index in [4.69, 9.17) is 9.47 Å². The highest BCUT2D eigenvalue weighted by molar-refractivity contribution is 9.10. The largest absolute Gasteiger partial charge is 0.495 e. The SMILES string of the molecule is COc1cccc(O[C@@H]2CC[C@@H]2NS(=O)C(C)(C)C)c1Br. The molecule has 0 amide bonds. The summed E-state index contributed by atoms with van der Waals surface area (Å²) in [5.74, 6) is 1.50. The number of hydrogen-bond donors (Lipinski definition) is 1. The maximum atomic E-state index is 12.1. The molecule has 1 fully saturated rings. The summed E-state index contributed by atoms with van der Waals surface area (Å²) in [5, 5.41) is 0. The van der Waals surface area contributed by atoms with Crippen LogP contribution in [0.4, 0.5) is 0 Å². The minimum Gasteiger partial charge on any atom is -0.495 e. The molecule has 0 saturated heterocycles. The molecule has 0 radical (unpaired) electrons. The van der Waals surface area contributed by atoms with Crippen LogP contribution >= 0.6 is 15.9 Å². The Balaban J connectivity index is 2.00. The first-order chi connectivity index (χ1) is 9.82. The van der Waals surface area contributed by atoms with E-state index in [0.717, 1.165) is 28.8 Å². The van der Waals surface area contributed by atoms with E-state index >= 15 is 0 Å². The van der Waals surface area contributed by atoms with Crippen LogP contribution in [0.2, 0.25) is 0 Å². The molecule has 0 bridgehead atoms. The van der Waals surface area contributed by atoms with Gasteiger partial charge in [0, 0.05) is 0 Å². The summed E-state index contributed by atoms with van der Waals surface area (Å²) >= 11 is 3.50. The van der Waals surface area contributed by atoms with Gasteiger partial charge in [0.1, 0.15) is 22.1 Å². The molecule has 1 saturated carbocycles. The summed E-state index contributed by atoms with van der Waals surface area (Å²) in [6.45, 7) is 5.88. The van der Waals surface area contributed by atoms with Crippen molar-refractivity contribution in [2.45, 2.75) is 50.5 Å². The summed E-state index contributed by atoms with van der Waals surface area (Å²) in [5.41, 5.74) is 0. The molecule has 0 aromatic heterocycles. The van der Waals surface area contributed by atoms with Crippen LogP contribution in [0.25, 0.3) is 0 Å². The van der Waals surface area contributed by atoms with E-state index < -0.39 is 11.0 Å². The van der Waals surface area contributed by atoms with Gasteiger partial charge in [0.2, 0.25) is 0 Å². The second kappa shape index (κ2) is 6.67. The van der Waals surface area contributed by atoms with Crippen molar-refractivity contribution >= 4 is 26.9 Å². The molecule has 1 aliphatic carbocycles. The number of hydrogen-bond acceptors (Lipinski definition) is 3. The summed E-state index contributed by atoms with van der Waals surface area (Å²) < 4.78 is 27.2. The Kier molecular flexibility index (Phi) is 5.33. The predicted octanol–water partition coefficient (Wildman–Crippen LogP) is 3.42. The third-order valence-corrected chi connectivity index (χ3v) is 5.86. The fourth-order valence-electron chi connectivity index (χ4n) is 1.96. The molecule has 0 aliphatic heterocycles. The van der Waals surface area contributed by atoms with Gasteiger partial charge in [-0.2, -0.15) is 0 Å². The zero-order valence-corrected chi connectivity index (χ0v) is 15.2. The van der Waals surface area contributed by atoms with Crippen LogP contribution in [0.15, 0.2) is 22.7 Å². The Morgan fingerprint density at radius 1 is 1.29 bits per heavy atom. The molecular weight excluding hydrogens is 354 g/mol. The molecule has 6 heteroatoms. The molecule has 1 unspecified atom stereocenters. The predicted molar refractivity (Wildman–Crippen MR) is 89.2 cm³/mol. The average Bonchev–Trinajstić information content (AvgIpc) is 2.41.